The second-order valence-electron chi connectivity index (χ2n) is 6.58. The number of thiophene rings is 1. The summed E-state index contributed by atoms with van der Waals surface area (Å²) < 4.78 is 7.19. The Labute approximate surface area is 179 Å². The number of nitrogens with one attached hydrogen (secondary N) is 1. The first kappa shape index (κ1) is 19.7. The lowest BCUT2D eigenvalue weighted by molar-refractivity contribution is -0.116. The third-order valence-electron chi connectivity index (χ3n) is 4.55. The minimum absolute atomic E-state index is 0.146. The van der Waals surface area contributed by atoms with Gasteiger partial charge in [-0.25, -0.2) is 4.68 Å². The molecule has 0 aliphatic rings. The number of para-hydroxylation sites is 1. The van der Waals surface area contributed by atoms with Crippen molar-refractivity contribution >= 4 is 23.3 Å². The number of ether oxygens (including phenoxy) is 1. The van der Waals surface area contributed by atoms with E-state index in [0.717, 1.165) is 33.1 Å². The maximum Gasteiger partial charge on any atom is 0.244 e. The Morgan fingerprint density at radius 3 is 2.77 bits per heavy atom. The molecule has 0 spiro atoms. The Hall–Kier alpha value is -3.64. The summed E-state index contributed by atoms with van der Waals surface area (Å²) in [7, 11) is 1.64. The van der Waals surface area contributed by atoms with Crippen LogP contribution in [0.4, 0.5) is 0 Å². The van der Waals surface area contributed by atoms with Crippen molar-refractivity contribution < 1.29 is 9.53 Å². The monoisotopic (exact) mass is 415 g/mol. The van der Waals surface area contributed by atoms with Gasteiger partial charge in [0.25, 0.3) is 0 Å². The lowest BCUT2D eigenvalue weighted by atomic mass is 10.1. The second-order valence-corrected chi connectivity index (χ2v) is 7.56. The second kappa shape index (κ2) is 9.24. The topological polar surface area (TPSA) is 56.1 Å². The molecular weight excluding hydrogens is 394 g/mol. The number of nitrogens with zero attached hydrogens (tertiary/aromatic N) is 2. The first-order chi connectivity index (χ1) is 14.7. The number of methoxy groups -OCH3 is 1. The fraction of sp³-hybridized carbons (Fsp3) is 0.0833. The Bertz CT molecular complexity index is 1150. The van der Waals surface area contributed by atoms with Crippen molar-refractivity contribution in [3.05, 3.63) is 94.8 Å². The van der Waals surface area contributed by atoms with Crippen molar-refractivity contribution in [1.82, 2.24) is 15.1 Å². The molecule has 0 fully saturated rings. The third-order valence-corrected chi connectivity index (χ3v) is 5.39. The van der Waals surface area contributed by atoms with Crippen molar-refractivity contribution in [3.63, 3.8) is 0 Å². The Morgan fingerprint density at radius 2 is 2.00 bits per heavy atom. The third kappa shape index (κ3) is 4.67. The average molecular weight is 416 g/mol. The fourth-order valence-corrected chi connectivity index (χ4v) is 3.67. The first-order valence-electron chi connectivity index (χ1n) is 9.51. The number of hydrogen-bond donors (Lipinski definition) is 1. The van der Waals surface area contributed by atoms with Crippen LogP contribution in [0.5, 0.6) is 5.75 Å². The van der Waals surface area contributed by atoms with Gasteiger partial charge in [-0.15, -0.1) is 11.3 Å². The lowest BCUT2D eigenvalue weighted by Crippen LogP contribution is -2.20. The van der Waals surface area contributed by atoms with Gasteiger partial charge in [-0.1, -0.05) is 36.4 Å². The first-order valence-corrected chi connectivity index (χ1v) is 10.4. The Morgan fingerprint density at radius 1 is 1.13 bits per heavy atom. The minimum atomic E-state index is -0.146. The largest absolute Gasteiger partial charge is 0.497 e. The van der Waals surface area contributed by atoms with E-state index in [0.29, 0.717) is 6.54 Å². The van der Waals surface area contributed by atoms with Crippen LogP contribution in [0, 0.1) is 0 Å². The SMILES string of the molecule is COc1cccc(-c2nn(-c3ccccc3)cc2CNC(=O)/C=C/c2cccs2)c1. The molecule has 0 saturated heterocycles. The molecule has 2 aromatic carbocycles. The van der Waals surface area contributed by atoms with Crippen LogP contribution in [0.3, 0.4) is 0 Å². The molecule has 2 aromatic heterocycles. The van der Waals surface area contributed by atoms with Gasteiger partial charge in [0.05, 0.1) is 18.5 Å². The van der Waals surface area contributed by atoms with Crippen LogP contribution in [0.1, 0.15) is 10.4 Å². The van der Waals surface area contributed by atoms with E-state index in [1.165, 1.54) is 0 Å². The normalized spacial score (nSPS) is 11.0. The van der Waals surface area contributed by atoms with Gasteiger partial charge in [0, 0.05) is 34.8 Å². The lowest BCUT2D eigenvalue weighted by Gasteiger charge is -2.05. The quantitative estimate of drug-likeness (QED) is 0.435. The van der Waals surface area contributed by atoms with E-state index in [9.17, 15) is 4.79 Å². The standard InChI is InChI=1S/C24H21N3O2S/c1-29-21-10-5-7-18(15-21)24-19(17-27(26-24)20-8-3-2-4-9-20)16-25-23(28)13-12-22-11-6-14-30-22/h2-15,17H,16H2,1H3,(H,25,28)/b13-12+. The van der Waals surface area contributed by atoms with Gasteiger partial charge >= 0.3 is 0 Å². The number of benzene rings is 2. The van der Waals surface area contributed by atoms with Crippen LogP contribution in [-0.2, 0) is 11.3 Å². The van der Waals surface area contributed by atoms with Gasteiger partial charge in [0.15, 0.2) is 0 Å². The number of aromatic nitrogens is 2. The van der Waals surface area contributed by atoms with E-state index in [1.54, 1.807) is 24.5 Å². The summed E-state index contributed by atoms with van der Waals surface area (Å²) in [6.07, 6.45) is 5.32. The number of hydrogen-bond acceptors (Lipinski definition) is 4. The van der Waals surface area contributed by atoms with Crippen LogP contribution >= 0.6 is 11.3 Å². The number of rotatable bonds is 7. The molecule has 30 heavy (non-hydrogen) atoms. The summed E-state index contributed by atoms with van der Waals surface area (Å²) in [6.45, 7) is 0.368. The molecule has 0 bridgehead atoms. The van der Waals surface area contributed by atoms with Crippen molar-refractivity contribution in [2.75, 3.05) is 7.11 Å². The molecule has 0 unspecified atom stereocenters. The molecule has 5 nitrogen and oxygen atoms in total. The van der Waals surface area contributed by atoms with Crippen molar-refractivity contribution in [3.8, 4) is 22.7 Å². The van der Waals surface area contributed by atoms with Crippen LogP contribution in [-0.4, -0.2) is 22.8 Å². The van der Waals surface area contributed by atoms with Crippen LogP contribution in [0.15, 0.2) is 84.4 Å². The highest BCUT2D eigenvalue weighted by atomic mass is 32.1. The summed E-state index contributed by atoms with van der Waals surface area (Å²) in [5, 5.41) is 9.73. The number of carbonyl (C=O) groups excluding carboxylic acids is 1. The highest BCUT2D eigenvalue weighted by molar-refractivity contribution is 7.10. The van der Waals surface area contributed by atoms with Gasteiger partial charge < -0.3 is 10.1 Å². The maximum atomic E-state index is 12.3. The summed E-state index contributed by atoms with van der Waals surface area (Å²) in [4.78, 5) is 13.3. The van der Waals surface area contributed by atoms with Crippen molar-refractivity contribution in [2.24, 2.45) is 0 Å². The fourth-order valence-electron chi connectivity index (χ4n) is 3.05. The Kier molecular flexibility index (Phi) is 6.06. The molecule has 4 aromatic rings. The van der Waals surface area contributed by atoms with Crippen molar-refractivity contribution in [1.29, 1.82) is 0 Å². The molecule has 1 amide bonds. The van der Waals surface area contributed by atoms with Gasteiger partial charge in [-0.05, 0) is 41.8 Å². The van der Waals surface area contributed by atoms with Gasteiger partial charge in [-0.3, -0.25) is 4.79 Å². The van der Waals surface area contributed by atoms with E-state index in [-0.39, 0.29) is 5.91 Å². The molecule has 0 radical (unpaired) electrons. The zero-order valence-electron chi connectivity index (χ0n) is 16.5. The van der Waals surface area contributed by atoms with E-state index in [1.807, 2.05) is 89.1 Å². The van der Waals surface area contributed by atoms with E-state index >= 15 is 0 Å². The predicted molar refractivity (Wildman–Crippen MR) is 121 cm³/mol. The molecule has 0 atom stereocenters. The number of carbonyl (C=O) groups is 1. The minimum Gasteiger partial charge on any atom is -0.497 e. The van der Waals surface area contributed by atoms with Crippen LogP contribution < -0.4 is 10.1 Å². The summed E-state index contributed by atoms with van der Waals surface area (Å²) >= 11 is 1.59. The molecule has 0 aliphatic heterocycles. The molecule has 0 saturated carbocycles. The smallest absolute Gasteiger partial charge is 0.244 e. The Balaban J connectivity index is 1.60. The van der Waals surface area contributed by atoms with E-state index in [4.69, 9.17) is 9.84 Å². The highest BCUT2D eigenvalue weighted by Crippen LogP contribution is 2.27. The van der Waals surface area contributed by atoms with Crippen molar-refractivity contribution in [2.45, 2.75) is 6.54 Å². The summed E-state index contributed by atoms with van der Waals surface area (Å²) in [5.41, 5.74) is 3.62. The number of amides is 1. The zero-order valence-corrected chi connectivity index (χ0v) is 17.3. The van der Waals surface area contributed by atoms with Crippen LogP contribution in [0.2, 0.25) is 0 Å². The molecular formula is C24H21N3O2S. The van der Waals surface area contributed by atoms with Gasteiger partial charge in [-0.2, -0.15) is 5.10 Å². The van der Waals surface area contributed by atoms with Crippen LogP contribution in [0.25, 0.3) is 23.0 Å². The van der Waals surface area contributed by atoms with E-state index in [2.05, 4.69) is 5.32 Å². The highest BCUT2D eigenvalue weighted by Gasteiger charge is 2.13. The molecule has 150 valence electrons. The zero-order chi connectivity index (χ0) is 20.8. The molecule has 2 heterocycles. The van der Waals surface area contributed by atoms with Gasteiger partial charge in [0.2, 0.25) is 5.91 Å². The van der Waals surface area contributed by atoms with E-state index < -0.39 is 0 Å². The summed E-state index contributed by atoms with van der Waals surface area (Å²) in [5.74, 6) is 0.614. The predicted octanol–water partition coefficient (Wildman–Crippen LogP) is 4.94. The molecule has 0 aliphatic carbocycles. The molecule has 1 N–H and O–H groups in total. The summed E-state index contributed by atoms with van der Waals surface area (Å²) in [6, 6.07) is 21.6. The molecule has 6 heteroatoms. The average Bonchev–Trinajstić information content (AvgIpc) is 3.47. The molecule has 4 rings (SSSR count). The van der Waals surface area contributed by atoms with Gasteiger partial charge in [0.1, 0.15) is 5.75 Å². The maximum absolute atomic E-state index is 12.3.